The predicted molar refractivity (Wildman–Crippen MR) is 66.1 cm³/mol. The first-order valence-corrected chi connectivity index (χ1v) is 5.68. The highest BCUT2D eigenvalue weighted by Crippen LogP contribution is 2.20. The van der Waals surface area contributed by atoms with E-state index in [1.165, 1.54) is 0 Å². The monoisotopic (exact) mass is 272 g/mol. The number of pyridine rings is 1. The molecule has 1 N–H and O–H groups in total. The van der Waals surface area contributed by atoms with E-state index in [1.807, 2.05) is 31.0 Å². The van der Waals surface area contributed by atoms with E-state index in [2.05, 4.69) is 20.9 Å². The standard InChI is InChI=1S/C11H17BrN2O/c1-8(11(2,3)15)14(4)10-6-5-9(12)7-13-10/h5-8,15H,1-4H3. The quantitative estimate of drug-likeness (QED) is 0.919. The molecule has 3 nitrogen and oxygen atoms in total. The summed E-state index contributed by atoms with van der Waals surface area (Å²) in [5.41, 5.74) is -0.747. The second-order valence-corrected chi connectivity index (χ2v) is 5.19. The Balaban J connectivity index is 2.85. The van der Waals surface area contributed by atoms with Crippen LogP contribution in [0.5, 0.6) is 0 Å². The lowest BCUT2D eigenvalue weighted by molar-refractivity contribution is 0.0563. The van der Waals surface area contributed by atoms with Gasteiger partial charge in [0.15, 0.2) is 0 Å². The van der Waals surface area contributed by atoms with Gasteiger partial charge in [-0.2, -0.15) is 0 Å². The molecule has 1 atom stereocenters. The van der Waals surface area contributed by atoms with Crippen molar-refractivity contribution in [3.8, 4) is 0 Å². The fourth-order valence-corrected chi connectivity index (χ4v) is 1.48. The molecule has 15 heavy (non-hydrogen) atoms. The molecule has 1 aromatic heterocycles. The maximum atomic E-state index is 9.89. The molecule has 0 aliphatic heterocycles. The summed E-state index contributed by atoms with van der Waals surface area (Å²) in [6.07, 6.45) is 1.75. The van der Waals surface area contributed by atoms with E-state index in [0.29, 0.717) is 0 Å². The van der Waals surface area contributed by atoms with Gasteiger partial charge in [0.2, 0.25) is 0 Å². The average molecular weight is 273 g/mol. The van der Waals surface area contributed by atoms with Crippen LogP contribution in [0, 0.1) is 0 Å². The van der Waals surface area contributed by atoms with Gasteiger partial charge in [-0.25, -0.2) is 4.98 Å². The van der Waals surface area contributed by atoms with Crippen LogP contribution < -0.4 is 4.90 Å². The van der Waals surface area contributed by atoms with Gasteiger partial charge in [-0.1, -0.05) is 0 Å². The van der Waals surface area contributed by atoms with Gasteiger partial charge in [-0.05, 0) is 48.8 Å². The van der Waals surface area contributed by atoms with Crippen molar-refractivity contribution in [2.45, 2.75) is 32.4 Å². The fourth-order valence-electron chi connectivity index (χ4n) is 1.25. The van der Waals surface area contributed by atoms with Crippen molar-refractivity contribution < 1.29 is 5.11 Å². The summed E-state index contributed by atoms with van der Waals surface area (Å²) in [6, 6.07) is 3.87. The van der Waals surface area contributed by atoms with E-state index < -0.39 is 5.60 Å². The summed E-state index contributed by atoms with van der Waals surface area (Å²) in [5, 5.41) is 9.89. The van der Waals surface area contributed by atoms with Gasteiger partial charge < -0.3 is 10.0 Å². The molecule has 1 unspecified atom stereocenters. The van der Waals surface area contributed by atoms with Gasteiger partial charge in [0.05, 0.1) is 11.6 Å². The van der Waals surface area contributed by atoms with E-state index in [4.69, 9.17) is 0 Å². The van der Waals surface area contributed by atoms with Gasteiger partial charge in [-0.3, -0.25) is 0 Å². The molecule has 0 fully saturated rings. The molecule has 0 amide bonds. The molecule has 0 aromatic carbocycles. The van der Waals surface area contributed by atoms with Crippen molar-refractivity contribution in [1.82, 2.24) is 4.98 Å². The summed E-state index contributed by atoms with van der Waals surface area (Å²) in [5.74, 6) is 0.854. The lowest BCUT2D eigenvalue weighted by Gasteiger charge is -2.34. The van der Waals surface area contributed by atoms with Gasteiger partial charge in [0.1, 0.15) is 5.82 Å². The molecule has 4 heteroatoms. The van der Waals surface area contributed by atoms with Crippen LogP contribution in [0.25, 0.3) is 0 Å². The topological polar surface area (TPSA) is 36.4 Å². The lowest BCUT2D eigenvalue weighted by atomic mass is 10.00. The highest BCUT2D eigenvalue weighted by molar-refractivity contribution is 9.10. The summed E-state index contributed by atoms with van der Waals surface area (Å²) >= 11 is 3.34. The Kier molecular flexibility index (Phi) is 3.73. The van der Waals surface area contributed by atoms with Gasteiger partial charge in [-0.15, -0.1) is 0 Å². The maximum Gasteiger partial charge on any atom is 0.128 e. The number of hydrogen-bond donors (Lipinski definition) is 1. The van der Waals surface area contributed by atoms with Gasteiger partial charge >= 0.3 is 0 Å². The Morgan fingerprint density at radius 1 is 1.47 bits per heavy atom. The fraction of sp³-hybridized carbons (Fsp3) is 0.545. The van der Waals surface area contributed by atoms with E-state index >= 15 is 0 Å². The molecule has 0 radical (unpaired) electrons. The van der Waals surface area contributed by atoms with Crippen LogP contribution in [0.15, 0.2) is 22.8 Å². The number of aromatic nitrogens is 1. The Morgan fingerprint density at radius 3 is 2.47 bits per heavy atom. The van der Waals surface area contributed by atoms with Crippen LogP contribution in [-0.4, -0.2) is 28.8 Å². The molecule has 0 saturated heterocycles. The highest BCUT2D eigenvalue weighted by atomic mass is 79.9. The van der Waals surface area contributed by atoms with Crippen LogP contribution in [-0.2, 0) is 0 Å². The SMILES string of the molecule is CC(N(C)c1ccc(Br)cn1)C(C)(C)O. The second-order valence-electron chi connectivity index (χ2n) is 4.28. The van der Waals surface area contributed by atoms with Crippen LogP contribution in [0.1, 0.15) is 20.8 Å². The number of rotatable bonds is 3. The lowest BCUT2D eigenvalue weighted by Crippen LogP contribution is -2.46. The number of halogens is 1. The minimum Gasteiger partial charge on any atom is -0.388 e. The molecule has 1 rings (SSSR count). The van der Waals surface area contributed by atoms with Crippen LogP contribution in [0.4, 0.5) is 5.82 Å². The van der Waals surface area contributed by atoms with E-state index in [1.54, 1.807) is 20.0 Å². The Labute approximate surface area is 99.3 Å². The first kappa shape index (κ1) is 12.5. The Bertz CT molecular complexity index is 318. The number of nitrogens with zero attached hydrogens (tertiary/aromatic N) is 2. The van der Waals surface area contributed by atoms with Gasteiger partial charge in [0.25, 0.3) is 0 Å². The first-order valence-electron chi connectivity index (χ1n) is 4.89. The van der Waals surface area contributed by atoms with Crippen molar-refractivity contribution in [3.05, 3.63) is 22.8 Å². The molecule has 84 valence electrons. The smallest absolute Gasteiger partial charge is 0.128 e. The minimum absolute atomic E-state index is 0.00572. The summed E-state index contributed by atoms with van der Waals surface area (Å²) in [6.45, 7) is 5.57. The van der Waals surface area contributed by atoms with Crippen molar-refractivity contribution in [2.24, 2.45) is 0 Å². The number of likely N-dealkylation sites (N-methyl/N-ethyl adjacent to an activating group) is 1. The van der Waals surface area contributed by atoms with E-state index in [0.717, 1.165) is 10.3 Å². The third kappa shape index (κ3) is 3.18. The molecule has 0 spiro atoms. The zero-order valence-electron chi connectivity index (χ0n) is 9.53. The van der Waals surface area contributed by atoms with Crippen LogP contribution in [0.2, 0.25) is 0 Å². The average Bonchev–Trinajstić information content (AvgIpc) is 2.15. The van der Waals surface area contributed by atoms with Crippen molar-refractivity contribution in [1.29, 1.82) is 0 Å². The molecule has 1 heterocycles. The molecule has 0 aliphatic carbocycles. The molecule has 1 aromatic rings. The maximum absolute atomic E-state index is 9.89. The summed E-state index contributed by atoms with van der Waals surface area (Å²) in [4.78, 5) is 6.25. The first-order chi connectivity index (χ1) is 6.82. The number of aliphatic hydroxyl groups is 1. The van der Waals surface area contributed by atoms with E-state index in [-0.39, 0.29) is 6.04 Å². The number of anilines is 1. The normalized spacial score (nSPS) is 13.7. The molecular weight excluding hydrogens is 256 g/mol. The van der Waals surface area contributed by atoms with Crippen molar-refractivity contribution in [2.75, 3.05) is 11.9 Å². The van der Waals surface area contributed by atoms with E-state index in [9.17, 15) is 5.11 Å². The van der Waals surface area contributed by atoms with Gasteiger partial charge in [0, 0.05) is 17.7 Å². The zero-order chi connectivity index (χ0) is 11.6. The zero-order valence-corrected chi connectivity index (χ0v) is 11.1. The summed E-state index contributed by atoms with van der Waals surface area (Å²) in [7, 11) is 1.93. The van der Waals surface area contributed by atoms with Crippen LogP contribution in [0.3, 0.4) is 0 Å². The van der Waals surface area contributed by atoms with Crippen molar-refractivity contribution >= 4 is 21.7 Å². The van der Waals surface area contributed by atoms with Crippen LogP contribution >= 0.6 is 15.9 Å². The molecule has 0 saturated carbocycles. The third-order valence-electron chi connectivity index (χ3n) is 2.68. The second kappa shape index (κ2) is 4.49. The largest absolute Gasteiger partial charge is 0.388 e. The third-order valence-corrected chi connectivity index (χ3v) is 3.15. The molecule has 0 aliphatic rings. The Hall–Kier alpha value is -0.610. The number of hydrogen-bond acceptors (Lipinski definition) is 3. The summed E-state index contributed by atoms with van der Waals surface area (Å²) < 4.78 is 0.954. The minimum atomic E-state index is -0.747. The predicted octanol–water partition coefficient (Wildman–Crippen LogP) is 2.44. The molecular formula is C11H17BrN2O. The highest BCUT2D eigenvalue weighted by Gasteiger charge is 2.26. The Morgan fingerprint density at radius 2 is 2.07 bits per heavy atom. The molecule has 0 bridgehead atoms. The van der Waals surface area contributed by atoms with Crippen molar-refractivity contribution in [3.63, 3.8) is 0 Å².